The number of nitrogens with one attached hydrogen (secondary N) is 1. The van der Waals surface area contributed by atoms with Crippen LogP contribution in [0.3, 0.4) is 0 Å². The fraction of sp³-hybridized carbons (Fsp3) is 0.316. The Morgan fingerprint density at radius 1 is 1.00 bits per heavy atom. The molecule has 23 heavy (non-hydrogen) atoms. The Labute approximate surface area is 142 Å². The maximum atomic E-state index is 4.55. The normalized spacial score (nSPS) is 15.4. The molecule has 0 radical (unpaired) electrons. The van der Waals surface area contributed by atoms with E-state index in [1.807, 2.05) is 0 Å². The number of hydrogen-bond acceptors (Lipinski definition) is 4. The fourth-order valence-corrected chi connectivity index (χ4v) is 3.22. The topological polar surface area (TPSA) is 27.6 Å². The van der Waals surface area contributed by atoms with Crippen LogP contribution in [0, 0.1) is 6.92 Å². The van der Waals surface area contributed by atoms with Crippen LogP contribution in [0.1, 0.15) is 24.0 Å². The van der Waals surface area contributed by atoms with Gasteiger partial charge < -0.3 is 0 Å². The summed E-state index contributed by atoms with van der Waals surface area (Å²) in [4.78, 5) is 6.84. The summed E-state index contributed by atoms with van der Waals surface area (Å²) < 4.78 is 0. The second kappa shape index (κ2) is 8.18. The summed E-state index contributed by atoms with van der Waals surface area (Å²) in [6.07, 6.45) is 2.10. The molecule has 2 aromatic carbocycles. The van der Waals surface area contributed by atoms with Crippen LogP contribution in [0.4, 0.5) is 0 Å². The molecule has 0 aromatic heterocycles. The lowest BCUT2D eigenvalue weighted by Crippen LogP contribution is -2.33. The zero-order valence-corrected chi connectivity index (χ0v) is 14.4. The first-order valence-corrected chi connectivity index (χ1v) is 8.91. The molecule has 0 spiro atoms. The van der Waals surface area contributed by atoms with Gasteiger partial charge in [0.1, 0.15) is 0 Å². The third kappa shape index (κ3) is 5.12. The third-order valence-electron chi connectivity index (χ3n) is 4.07. The first-order chi connectivity index (χ1) is 11.3. The molecule has 1 fully saturated rings. The van der Waals surface area contributed by atoms with Gasteiger partial charge in [-0.3, -0.25) is 4.90 Å². The largest absolute Gasteiger partial charge is 0.298 e. The molecular weight excluding hydrogens is 302 g/mol. The molecule has 0 amide bonds. The second-order valence-corrected chi connectivity index (χ2v) is 6.80. The first kappa shape index (κ1) is 16.1. The smallest absolute Gasteiger partial charge is 0.0414 e. The van der Waals surface area contributed by atoms with Crippen LogP contribution >= 0.6 is 11.9 Å². The van der Waals surface area contributed by atoms with Crippen LogP contribution in [0.5, 0.6) is 0 Å². The quantitative estimate of drug-likeness (QED) is 0.658. The maximum absolute atomic E-state index is 4.55. The van der Waals surface area contributed by atoms with E-state index in [4.69, 9.17) is 0 Å². The van der Waals surface area contributed by atoms with Crippen molar-refractivity contribution >= 4 is 17.7 Å². The van der Waals surface area contributed by atoms with Crippen molar-refractivity contribution in [3.63, 3.8) is 0 Å². The molecule has 0 saturated carbocycles. The Kier molecular flexibility index (Phi) is 5.72. The summed E-state index contributed by atoms with van der Waals surface area (Å²) in [5.74, 6) is 0. The molecule has 0 aliphatic carbocycles. The van der Waals surface area contributed by atoms with E-state index in [0.717, 1.165) is 32.5 Å². The lowest BCUT2D eigenvalue weighted by Gasteiger charge is -2.27. The van der Waals surface area contributed by atoms with Gasteiger partial charge in [-0.1, -0.05) is 48.0 Å². The molecule has 4 heteroatoms. The minimum Gasteiger partial charge on any atom is -0.298 e. The molecule has 0 atom stereocenters. The monoisotopic (exact) mass is 325 g/mol. The second-order valence-electron chi connectivity index (χ2n) is 5.95. The number of nitrogens with zero attached hydrogens (tertiary/aromatic N) is 2. The predicted molar refractivity (Wildman–Crippen MR) is 98.6 cm³/mol. The van der Waals surface area contributed by atoms with E-state index in [9.17, 15) is 0 Å². The van der Waals surface area contributed by atoms with Gasteiger partial charge in [0.2, 0.25) is 0 Å². The molecule has 1 N–H and O–H groups in total. The van der Waals surface area contributed by atoms with Gasteiger partial charge in [-0.2, -0.15) is 5.10 Å². The lowest BCUT2D eigenvalue weighted by molar-refractivity contribution is 0.266. The van der Waals surface area contributed by atoms with E-state index in [2.05, 4.69) is 76.4 Å². The van der Waals surface area contributed by atoms with Crippen LogP contribution in [0.15, 0.2) is 64.6 Å². The van der Waals surface area contributed by atoms with Gasteiger partial charge in [-0.25, -0.2) is 4.83 Å². The van der Waals surface area contributed by atoms with Gasteiger partial charge in [0.15, 0.2) is 0 Å². The molecule has 1 aliphatic rings. The molecule has 3 rings (SSSR count). The van der Waals surface area contributed by atoms with Crippen molar-refractivity contribution < 1.29 is 0 Å². The van der Waals surface area contributed by atoms with Crippen molar-refractivity contribution in [2.45, 2.75) is 31.2 Å². The summed E-state index contributed by atoms with van der Waals surface area (Å²) in [7, 11) is 0. The zero-order chi connectivity index (χ0) is 15.9. The molecule has 3 nitrogen and oxygen atoms in total. The van der Waals surface area contributed by atoms with Crippen molar-refractivity contribution in [1.29, 1.82) is 0 Å². The molecule has 2 aromatic rings. The molecular formula is C19H23N3S. The van der Waals surface area contributed by atoms with Crippen molar-refractivity contribution in [2.75, 3.05) is 13.1 Å². The van der Waals surface area contributed by atoms with Crippen molar-refractivity contribution in [1.82, 2.24) is 9.73 Å². The summed E-state index contributed by atoms with van der Waals surface area (Å²) in [6.45, 7) is 5.32. The standard InChI is InChI=1S/C19H23N3S/c1-16-7-9-19(10-8-16)23-21-20-18-11-13-22(14-12-18)15-17-5-3-2-4-6-17/h2-10,21H,11-15H2,1H3. The van der Waals surface area contributed by atoms with Gasteiger partial charge in [0.05, 0.1) is 0 Å². The summed E-state index contributed by atoms with van der Waals surface area (Å²) in [5.41, 5.74) is 3.95. The number of benzene rings is 2. The zero-order valence-electron chi connectivity index (χ0n) is 13.5. The average Bonchev–Trinajstić information content (AvgIpc) is 2.59. The highest BCUT2D eigenvalue weighted by Gasteiger charge is 2.15. The van der Waals surface area contributed by atoms with Crippen LogP contribution in [0.25, 0.3) is 0 Å². The maximum Gasteiger partial charge on any atom is 0.0414 e. The van der Waals surface area contributed by atoms with E-state index < -0.39 is 0 Å². The summed E-state index contributed by atoms with van der Waals surface area (Å²) in [6, 6.07) is 19.2. The molecule has 1 aliphatic heterocycles. The number of aryl methyl sites for hydroxylation is 1. The van der Waals surface area contributed by atoms with Crippen LogP contribution < -0.4 is 4.83 Å². The Morgan fingerprint density at radius 3 is 2.39 bits per heavy atom. The highest BCUT2D eigenvalue weighted by atomic mass is 32.2. The Balaban J connectivity index is 1.42. The van der Waals surface area contributed by atoms with Gasteiger partial charge in [-0.15, -0.1) is 0 Å². The summed E-state index contributed by atoms with van der Waals surface area (Å²) >= 11 is 1.58. The first-order valence-electron chi connectivity index (χ1n) is 8.10. The van der Waals surface area contributed by atoms with Crippen molar-refractivity contribution in [3.8, 4) is 0 Å². The number of hydrazone groups is 1. The SMILES string of the molecule is Cc1ccc(SNN=C2CCN(Cc3ccccc3)CC2)cc1. The molecule has 120 valence electrons. The van der Waals surface area contributed by atoms with Gasteiger partial charge >= 0.3 is 0 Å². The van der Waals surface area contributed by atoms with E-state index >= 15 is 0 Å². The number of rotatable bonds is 5. The van der Waals surface area contributed by atoms with E-state index in [0.29, 0.717) is 0 Å². The fourth-order valence-electron chi connectivity index (χ4n) is 2.67. The molecule has 1 saturated heterocycles. The number of piperidine rings is 1. The third-order valence-corrected chi connectivity index (χ3v) is 4.76. The number of likely N-dealkylation sites (tertiary alicyclic amines) is 1. The minimum atomic E-state index is 1.04. The summed E-state index contributed by atoms with van der Waals surface area (Å²) in [5, 5.41) is 4.55. The van der Waals surface area contributed by atoms with Gasteiger partial charge in [-0.05, 0) is 24.6 Å². The predicted octanol–water partition coefficient (Wildman–Crippen LogP) is 4.24. The van der Waals surface area contributed by atoms with Gasteiger partial charge in [0, 0.05) is 55.0 Å². The van der Waals surface area contributed by atoms with Crippen molar-refractivity contribution in [3.05, 3.63) is 65.7 Å². The van der Waals surface area contributed by atoms with Crippen molar-refractivity contribution in [2.24, 2.45) is 5.10 Å². The Hall–Kier alpha value is -1.78. The Bertz CT molecular complexity index is 627. The Morgan fingerprint density at radius 2 is 1.70 bits per heavy atom. The van der Waals surface area contributed by atoms with E-state index in [-0.39, 0.29) is 0 Å². The van der Waals surface area contributed by atoms with Crippen LogP contribution in [0.2, 0.25) is 0 Å². The van der Waals surface area contributed by atoms with Crippen LogP contribution in [-0.4, -0.2) is 23.7 Å². The highest BCUT2D eigenvalue weighted by Crippen LogP contribution is 2.16. The number of hydrogen-bond donors (Lipinski definition) is 1. The highest BCUT2D eigenvalue weighted by molar-refractivity contribution is 7.97. The van der Waals surface area contributed by atoms with Crippen LogP contribution in [-0.2, 0) is 6.54 Å². The molecule has 0 bridgehead atoms. The molecule has 1 heterocycles. The average molecular weight is 325 g/mol. The van der Waals surface area contributed by atoms with E-state index in [1.54, 1.807) is 11.9 Å². The van der Waals surface area contributed by atoms with Gasteiger partial charge in [0.25, 0.3) is 0 Å². The van der Waals surface area contributed by atoms with E-state index in [1.165, 1.54) is 21.7 Å². The molecule has 0 unspecified atom stereocenters. The lowest BCUT2D eigenvalue weighted by atomic mass is 10.1. The minimum absolute atomic E-state index is 1.04.